The monoisotopic (exact) mass is 296 g/mol. The van der Waals surface area contributed by atoms with Crippen molar-refractivity contribution < 1.29 is 4.74 Å². The molecule has 0 aliphatic rings. The molecule has 0 spiro atoms. The maximum absolute atomic E-state index is 6.02. The predicted octanol–water partition coefficient (Wildman–Crippen LogP) is 4.46. The lowest BCUT2D eigenvalue weighted by molar-refractivity contribution is 0.341. The molecule has 4 heteroatoms. The standard InChI is InChI=1S/C17H16N2OS/c1-2-20-16-10-6-4-8-13(16)15-11-21-17(19-15)12-7-3-5-9-14(12)18/h3-11H,2,18H2,1H3. The molecule has 3 rings (SSSR count). The smallest absolute Gasteiger partial charge is 0.128 e. The van der Waals surface area contributed by atoms with E-state index in [2.05, 4.69) is 0 Å². The first-order valence-electron chi connectivity index (χ1n) is 6.82. The van der Waals surface area contributed by atoms with Gasteiger partial charge in [-0.15, -0.1) is 11.3 Å². The Morgan fingerprint density at radius 1 is 1.05 bits per heavy atom. The lowest BCUT2D eigenvalue weighted by Gasteiger charge is -2.07. The Morgan fingerprint density at radius 2 is 1.76 bits per heavy atom. The highest BCUT2D eigenvalue weighted by Crippen LogP contribution is 2.35. The molecule has 2 N–H and O–H groups in total. The number of rotatable bonds is 4. The maximum Gasteiger partial charge on any atom is 0.128 e. The van der Waals surface area contributed by atoms with Crippen LogP contribution in [-0.4, -0.2) is 11.6 Å². The zero-order chi connectivity index (χ0) is 14.7. The molecule has 106 valence electrons. The fraction of sp³-hybridized carbons (Fsp3) is 0.118. The molecule has 21 heavy (non-hydrogen) atoms. The molecule has 0 amide bonds. The van der Waals surface area contributed by atoms with Gasteiger partial charge in [0, 0.05) is 22.2 Å². The second-order valence-corrected chi connectivity index (χ2v) is 5.41. The molecule has 0 saturated carbocycles. The first-order chi connectivity index (χ1) is 10.3. The first kappa shape index (κ1) is 13.6. The Morgan fingerprint density at radius 3 is 2.52 bits per heavy atom. The number of thiazole rings is 1. The van der Waals surface area contributed by atoms with E-state index in [-0.39, 0.29) is 0 Å². The number of hydrogen-bond acceptors (Lipinski definition) is 4. The lowest BCUT2D eigenvalue weighted by atomic mass is 10.1. The normalized spacial score (nSPS) is 10.5. The van der Waals surface area contributed by atoms with Gasteiger partial charge in [-0.05, 0) is 31.2 Å². The summed E-state index contributed by atoms with van der Waals surface area (Å²) in [6.07, 6.45) is 0. The number of aromatic nitrogens is 1. The molecule has 0 radical (unpaired) electrons. The van der Waals surface area contributed by atoms with Crippen LogP contribution in [0.25, 0.3) is 21.8 Å². The van der Waals surface area contributed by atoms with E-state index in [9.17, 15) is 0 Å². The van der Waals surface area contributed by atoms with Crippen LogP contribution in [0.3, 0.4) is 0 Å². The van der Waals surface area contributed by atoms with Gasteiger partial charge in [-0.1, -0.05) is 24.3 Å². The fourth-order valence-electron chi connectivity index (χ4n) is 2.17. The molecule has 0 fully saturated rings. The van der Waals surface area contributed by atoms with Crippen LogP contribution in [0.5, 0.6) is 5.75 Å². The molecule has 0 bridgehead atoms. The zero-order valence-corrected chi connectivity index (χ0v) is 12.6. The van der Waals surface area contributed by atoms with E-state index in [0.717, 1.165) is 33.3 Å². The van der Waals surface area contributed by atoms with Crippen molar-refractivity contribution >= 4 is 17.0 Å². The first-order valence-corrected chi connectivity index (χ1v) is 7.70. The van der Waals surface area contributed by atoms with E-state index in [0.29, 0.717) is 6.61 Å². The quantitative estimate of drug-likeness (QED) is 0.723. The van der Waals surface area contributed by atoms with Crippen molar-refractivity contribution in [2.75, 3.05) is 12.3 Å². The lowest BCUT2D eigenvalue weighted by Crippen LogP contribution is -1.94. The summed E-state index contributed by atoms with van der Waals surface area (Å²) >= 11 is 1.59. The molecule has 1 heterocycles. The van der Waals surface area contributed by atoms with Crippen molar-refractivity contribution in [2.24, 2.45) is 0 Å². The van der Waals surface area contributed by atoms with E-state index in [4.69, 9.17) is 15.5 Å². The van der Waals surface area contributed by atoms with Gasteiger partial charge in [0.2, 0.25) is 0 Å². The van der Waals surface area contributed by atoms with Gasteiger partial charge in [0.05, 0.1) is 12.3 Å². The van der Waals surface area contributed by atoms with Crippen LogP contribution in [0.1, 0.15) is 6.92 Å². The van der Waals surface area contributed by atoms with Gasteiger partial charge in [-0.2, -0.15) is 0 Å². The van der Waals surface area contributed by atoms with Gasteiger partial charge in [-0.3, -0.25) is 0 Å². The summed E-state index contributed by atoms with van der Waals surface area (Å²) in [5.41, 5.74) is 9.67. The molecule has 0 aliphatic carbocycles. The van der Waals surface area contributed by atoms with Crippen molar-refractivity contribution in [3.8, 4) is 27.6 Å². The van der Waals surface area contributed by atoms with Crippen molar-refractivity contribution in [3.63, 3.8) is 0 Å². The molecular formula is C17H16N2OS. The van der Waals surface area contributed by atoms with Gasteiger partial charge in [0.1, 0.15) is 10.8 Å². The minimum atomic E-state index is 0.639. The van der Waals surface area contributed by atoms with Crippen LogP contribution in [0.2, 0.25) is 0 Å². The van der Waals surface area contributed by atoms with E-state index >= 15 is 0 Å². The summed E-state index contributed by atoms with van der Waals surface area (Å²) in [5, 5.41) is 2.97. The fourth-order valence-corrected chi connectivity index (χ4v) is 3.04. The largest absolute Gasteiger partial charge is 0.493 e. The van der Waals surface area contributed by atoms with Crippen LogP contribution in [0.4, 0.5) is 5.69 Å². The van der Waals surface area contributed by atoms with Crippen molar-refractivity contribution in [1.82, 2.24) is 4.98 Å². The molecule has 2 aromatic carbocycles. The van der Waals surface area contributed by atoms with Crippen LogP contribution in [-0.2, 0) is 0 Å². The van der Waals surface area contributed by atoms with Crippen LogP contribution >= 0.6 is 11.3 Å². The number of nitrogens with zero attached hydrogens (tertiary/aromatic N) is 1. The Labute approximate surface area is 128 Å². The predicted molar refractivity (Wildman–Crippen MR) is 88.6 cm³/mol. The highest BCUT2D eigenvalue weighted by atomic mass is 32.1. The van der Waals surface area contributed by atoms with Gasteiger partial charge in [0.25, 0.3) is 0 Å². The summed E-state index contributed by atoms with van der Waals surface area (Å²) < 4.78 is 5.67. The molecule has 3 aromatic rings. The molecule has 1 aromatic heterocycles. The number of nitrogens with two attached hydrogens (primary N) is 1. The van der Waals surface area contributed by atoms with Gasteiger partial charge < -0.3 is 10.5 Å². The number of anilines is 1. The minimum absolute atomic E-state index is 0.639. The molecular weight excluding hydrogens is 280 g/mol. The van der Waals surface area contributed by atoms with Crippen molar-refractivity contribution in [1.29, 1.82) is 0 Å². The van der Waals surface area contributed by atoms with Crippen LogP contribution in [0.15, 0.2) is 53.9 Å². The summed E-state index contributed by atoms with van der Waals surface area (Å²) in [6, 6.07) is 15.7. The molecule has 0 unspecified atom stereocenters. The summed E-state index contributed by atoms with van der Waals surface area (Å²) in [6.45, 7) is 2.62. The van der Waals surface area contributed by atoms with Crippen molar-refractivity contribution in [2.45, 2.75) is 6.92 Å². The average molecular weight is 296 g/mol. The molecule has 3 nitrogen and oxygen atoms in total. The number of nitrogen functional groups attached to an aromatic ring is 1. The third kappa shape index (κ3) is 2.76. The summed E-state index contributed by atoms with van der Waals surface area (Å²) in [5.74, 6) is 0.859. The van der Waals surface area contributed by atoms with Crippen molar-refractivity contribution in [3.05, 3.63) is 53.9 Å². The Kier molecular flexibility index (Phi) is 3.88. The van der Waals surface area contributed by atoms with E-state index in [1.165, 1.54) is 0 Å². The third-order valence-electron chi connectivity index (χ3n) is 3.16. The Bertz CT molecular complexity index is 752. The highest BCUT2D eigenvalue weighted by molar-refractivity contribution is 7.13. The number of para-hydroxylation sites is 2. The highest BCUT2D eigenvalue weighted by Gasteiger charge is 2.12. The second-order valence-electron chi connectivity index (χ2n) is 4.55. The van der Waals surface area contributed by atoms with Crippen LogP contribution < -0.4 is 10.5 Å². The Balaban J connectivity index is 2.01. The van der Waals surface area contributed by atoms with Gasteiger partial charge in [-0.25, -0.2) is 4.98 Å². The average Bonchev–Trinajstić information content (AvgIpc) is 2.98. The second kappa shape index (κ2) is 5.97. The van der Waals surface area contributed by atoms with Crippen LogP contribution in [0, 0.1) is 0 Å². The van der Waals surface area contributed by atoms with Gasteiger partial charge in [0.15, 0.2) is 0 Å². The number of ether oxygens (including phenoxy) is 1. The molecule has 0 aliphatic heterocycles. The number of benzene rings is 2. The minimum Gasteiger partial charge on any atom is -0.493 e. The topological polar surface area (TPSA) is 48.1 Å². The van der Waals surface area contributed by atoms with Gasteiger partial charge >= 0.3 is 0 Å². The summed E-state index contributed by atoms with van der Waals surface area (Å²) in [4.78, 5) is 4.71. The van der Waals surface area contributed by atoms with E-state index in [1.807, 2.05) is 60.8 Å². The Hall–Kier alpha value is -2.33. The SMILES string of the molecule is CCOc1ccccc1-c1csc(-c2ccccc2N)n1. The third-order valence-corrected chi connectivity index (χ3v) is 4.03. The molecule has 0 atom stereocenters. The number of hydrogen-bond donors (Lipinski definition) is 1. The maximum atomic E-state index is 6.02. The summed E-state index contributed by atoms with van der Waals surface area (Å²) in [7, 11) is 0. The zero-order valence-electron chi connectivity index (χ0n) is 11.7. The van der Waals surface area contributed by atoms with E-state index < -0.39 is 0 Å². The molecule has 0 saturated heterocycles. The van der Waals surface area contributed by atoms with E-state index in [1.54, 1.807) is 11.3 Å².